The number of hydrogen-bond acceptors (Lipinski definition) is 2. The van der Waals surface area contributed by atoms with Gasteiger partial charge in [0.2, 0.25) is 0 Å². The van der Waals surface area contributed by atoms with Gasteiger partial charge in [-0.2, -0.15) is 0 Å². The fourth-order valence-electron chi connectivity index (χ4n) is 1.24. The average Bonchev–Trinajstić information content (AvgIpc) is 2.31. The van der Waals surface area contributed by atoms with E-state index in [9.17, 15) is 9.18 Å². The van der Waals surface area contributed by atoms with Gasteiger partial charge in [0.25, 0.3) is 5.91 Å². The fourth-order valence-corrected chi connectivity index (χ4v) is 1.24. The van der Waals surface area contributed by atoms with Gasteiger partial charge in [-0.1, -0.05) is 18.1 Å². The van der Waals surface area contributed by atoms with Crippen LogP contribution in [0.1, 0.15) is 12.5 Å². The summed E-state index contributed by atoms with van der Waals surface area (Å²) in [6, 6.07) is 4.78. The van der Waals surface area contributed by atoms with E-state index in [-0.39, 0.29) is 18.2 Å². The molecule has 90 valence electrons. The highest BCUT2D eigenvalue weighted by atomic mass is 19.1. The molecule has 0 radical (unpaired) electrons. The van der Waals surface area contributed by atoms with Crippen LogP contribution in [0.5, 0.6) is 5.75 Å². The highest BCUT2D eigenvalue weighted by Crippen LogP contribution is 2.20. The average molecular weight is 235 g/mol. The third kappa shape index (κ3) is 3.49. The lowest BCUT2D eigenvalue weighted by molar-refractivity contribution is -0.127. The predicted octanol–water partition coefficient (Wildman–Crippen LogP) is 1.65. The van der Waals surface area contributed by atoms with Crippen molar-refractivity contribution in [2.75, 3.05) is 6.54 Å². The quantitative estimate of drug-likeness (QED) is 0.806. The zero-order valence-electron chi connectivity index (χ0n) is 9.79. The van der Waals surface area contributed by atoms with Crippen LogP contribution in [-0.2, 0) is 4.79 Å². The van der Waals surface area contributed by atoms with Crippen molar-refractivity contribution in [3.05, 3.63) is 29.6 Å². The lowest BCUT2D eigenvalue weighted by atomic mass is 10.2. The molecule has 0 saturated heterocycles. The number of aryl methyl sites for hydroxylation is 1. The molecule has 0 spiro atoms. The standard InChI is InChI=1S/C13H14FNO2/c1-4-8-15-13(16)10(3)17-11-7-5-6-9(2)12(11)14/h1,5-7,10H,8H2,2-3H3,(H,15,16)/t10-/m0/s1. The number of carbonyl (C=O) groups excluding carboxylic acids is 1. The van der Waals surface area contributed by atoms with Crippen molar-refractivity contribution in [2.45, 2.75) is 20.0 Å². The van der Waals surface area contributed by atoms with E-state index in [1.54, 1.807) is 19.1 Å². The highest BCUT2D eigenvalue weighted by Gasteiger charge is 2.16. The maximum Gasteiger partial charge on any atom is 0.261 e. The zero-order chi connectivity index (χ0) is 12.8. The van der Waals surface area contributed by atoms with E-state index in [2.05, 4.69) is 11.2 Å². The van der Waals surface area contributed by atoms with Crippen molar-refractivity contribution < 1.29 is 13.9 Å². The monoisotopic (exact) mass is 235 g/mol. The maximum absolute atomic E-state index is 13.6. The number of amides is 1. The number of ether oxygens (including phenoxy) is 1. The Balaban J connectivity index is 2.68. The summed E-state index contributed by atoms with van der Waals surface area (Å²) in [5.41, 5.74) is 0.471. The van der Waals surface area contributed by atoms with E-state index in [0.29, 0.717) is 5.56 Å². The van der Waals surface area contributed by atoms with Gasteiger partial charge in [0.1, 0.15) is 0 Å². The molecule has 0 aromatic heterocycles. The summed E-state index contributed by atoms with van der Waals surface area (Å²) in [5.74, 6) is 1.51. The SMILES string of the molecule is C#CCNC(=O)[C@H](C)Oc1cccc(C)c1F. The van der Waals surface area contributed by atoms with E-state index in [1.807, 2.05) is 0 Å². The Bertz CT molecular complexity index is 451. The van der Waals surface area contributed by atoms with Crippen LogP contribution in [0, 0.1) is 25.1 Å². The molecule has 1 rings (SSSR count). The van der Waals surface area contributed by atoms with Crippen LogP contribution in [0.2, 0.25) is 0 Å². The smallest absolute Gasteiger partial charge is 0.261 e. The number of halogens is 1. The summed E-state index contributed by atoms with van der Waals surface area (Å²) in [7, 11) is 0. The zero-order valence-corrected chi connectivity index (χ0v) is 9.79. The first-order chi connectivity index (χ1) is 8.06. The molecule has 1 atom stereocenters. The highest BCUT2D eigenvalue weighted by molar-refractivity contribution is 5.80. The Morgan fingerprint density at radius 2 is 2.35 bits per heavy atom. The first-order valence-corrected chi connectivity index (χ1v) is 5.19. The van der Waals surface area contributed by atoms with E-state index in [1.165, 1.54) is 13.0 Å². The van der Waals surface area contributed by atoms with Crippen LogP contribution >= 0.6 is 0 Å². The molecule has 0 unspecified atom stereocenters. The lowest BCUT2D eigenvalue weighted by Gasteiger charge is -2.14. The van der Waals surface area contributed by atoms with Gasteiger partial charge in [-0.15, -0.1) is 6.42 Å². The van der Waals surface area contributed by atoms with Crippen LogP contribution in [-0.4, -0.2) is 18.6 Å². The molecule has 1 aromatic rings. The molecule has 3 nitrogen and oxygen atoms in total. The van der Waals surface area contributed by atoms with Gasteiger partial charge in [-0.25, -0.2) is 4.39 Å². The van der Waals surface area contributed by atoms with Gasteiger partial charge in [0, 0.05) is 0 Å². The van der Waals surface area contributed by atoms with Crippen LogP contribution in [0.4, 0.5) is 4.39 Å². The van der Waals surface area contributed by atoms with Gasteiger partial charge in [-0.05, 0) is 25.5 Å². The Hall–Kier alpha value is -2.02. The van der Waals surface area contributed by atoms with Gasteiger partial charge >= 0.3 is 0 Å². The number of benzene rings is 1. The molecule has 0 aliphatic carbocycles. The number of nitrogens with one attached hydrogen (secondary N) is 1. The first-order valence-electron chi connectivity index (χ1n) is 5.19. The normalized spacial score (nSPS) is 11.4. The molecule has 0 heterocycles. The Labute approximate surface area is 100.0 Å². The molecule has 0 aliphatic heterocycles. The van der Waals surface area contributed by atoms with Gasteiger partial charge in [-0.3, -0.25) is 4.79 Å². The third-order valence-corrected chi connectivity index (χ3v) is 2.19. The van der Waals surface area contributed by atoms with E-state index < -0.39 is 11.9 Å². The second kappa shape index (κ2) is 5.90. The summed E-state index contributed by atoms with van der Waals surface area (Å²) in [6.07, 6.45) is 4.22. The first kappa shape index (κ1) is 13.0. The molecule has 1 N–H and O–H groups in total. The van der Waals surface area contributed by atoms with Crippen LogP contribution in [0.15, 0.2) is 18.2 Å². The molecular formula is C13H14FNO2. The summed E-state index contributed by atoms with van der Waals surface area (Å²) in [4.78, 5) is 11.4. The predicted molar refractivity (Wildman–Crippen MR) is 63.1 cm³/mol. The van der Waals surface area contributed by atoms with Crippen LogP contribution in [0.3, 0.4) is 0 Å². The van der Waals surface area contributed by atoms with Crippen LogP contribution < -0.4 is 10.1 Å². The minimum Gasteiger partial charge on any atom is -0.478 e. The van der Waals surface area contributed by atoms with Crippen molar-refractivity contribution >= 4 is 5.91 Å². The Morgan fingerprint density at radius 3 is 3.00 bits per heavy atom. The molecule has 17 heavy (non-hydrogen) atoms. The number of hydrogen-bond donors (Lipinski definition) is 1. The lowest BCUT2D eigenvalue weighted by Crippen LogP contribution is -2.36. The van der Waals surface area contributed by atoms with Crippen molar-refractivity contribution in [3.63, 3.8) is 0 Å². The van der Waals surface area contributed by atoms with Gasteiger partial charge < -0.3 is 10.1 Å². The largest absolute Gasteiger partial charge is 0.478 e. The molecular weight excluding hydrogens is 221 g/mol. The molecule has 1 amide bonds. The van der Waals surface area contributed by atoms with Crippen LogP contribution in [0.25, 0.3) is 0 Å². The summed E-state index contributed by atoms with van der Waals surface area (Å²) < 4.78 is 18.8. The fraction of sp³-hybridized carbons (Fsp3) is 0.308. The van der Waals surface area contributed by atoms with E-state index >= 15 is 0 Å². The minimum atomic E-state index is -0.792. The van der Waals surface area contributed by atoms with E-state index in [0.717, 1.165) is 0 Å². The molecule has 0 bridgehead atoms. The Morgan fingerprint density at radius 1 is 1.65 bits per heavy atom. The molecule has 1 aromatic carbocycles. The minimum absolute atomic E-state index is 0.0633. The van der Waals surface area contributed by atoms with Crippen molar-refractivity contribution in [1.29, 1.82) is 0 Å². The summed E-state index contributed by atoms with van der Waals surface area (Å²) in [5, 5.41) is 2.46. The third-order valence-electron chi connectivity index (χ3n) is 2.19. The van der Waals surface area contributed by atoms with Gasteiger partial charge in [0.15, 0.2) is 17.7 Å². The second-order valence-corrected chi connectivity index (χ2v) is 3.57. The summed E-state index contributed by atoms with van der Waals surface area (Å²) >= 11 is 0. The second-order valence-electron chi connectivity index (χ2n) is 3.57. The molecule has 0 saturated carbocycles. The van der Waals surface area contributed by atoms with Gasteiger partial charge in [0.05, 0.1) is 6.54 Å². The molecule has 0 fully saturated rings. The van der Waals surface area contributed by atoms with Crippen molar-refractivity contribution in [2.24, 2.45) is 0 Å². The molecule has 0 aliphatic rings. The maximum atomic E-state index is 13.6. The number of terminal acetylenes is 1. The van der Waals surface area contributed by atoms with E-state index in [4.69, 9.17) is 11.2 Å². The summed E-state index contributed by atoms with van der Waals surface area (Å²) in [6.45, 7) is 3.29. The Kier molecular flexibility index (Phi) is 4.53. The van der Waals surface area contributed by atoms with Crippen molar-refractivity contribution in [3.8, 4) is 18.1 Å². The van der Waals surface area contributed by atoms with Crippen molar-refractivity contribution in [1.82, 2.24) is 5.32 Å². The number of rotatable bonds is 4. The number of carbonyl (C=O) groups is 1. The topological polar surface area (TPSA) is 38.3 Å². The molecule has 4 heteroatoms.